The first-order chi connectivity index (χ1) is 11.1. The molecule has 23 heavy (non-hydrogen) atoms. The Balaban J connectivity index is 1.99. The average Bonchev–Trinajstić information content (AvgIpc) is 2.97. The van der Waals surface area contributed by atoms with Crippen LogP contribution in [0, 0.1) is 20.8 Å². The number of aromatic nitrogens is 3. The lowest BCUT2D eigenvalue weighted by Crippen LogP contribution is -2.02. The van der Waals surface area contributed by atoms with Crippen molar-refractivity contribution in [2.24, 2.45) is 10.2 Å². The summed E-state index contributed by atoms with van der Waals surface area (Å²) in [5.74, 6) is 1.35. The van der Waals surface area contributed by atoms with Gasteiger partial charge in [-0.05, 0) is 44.0 Å². The molecule has 0 spiro atoms. The van der Waals surface area contributed by atoms with Crippen LogP contribution in [0.15, 0.2) is 34.5 Å². The Morgan fingerprint density at radius 2 is 1.83 bits per heavy atom. The monoisotopic (exact) mass is 343 g/mol. The first-order valence-electron chi connectivity index (χ1n) is 7.25. The van der Waals surface area contributed by atoms with Gasteiger partial charge in [-0.1, -0.05) is 23.7 Å². The fraction of sp³-hybridized carbons (Fsp3) is 0.250. The third-order valence-electron chi connectivity index (χ3n) is 4.14. The lowest BCUT2D eigenvalue weighted by Gasteiger charge is -2.13. The van der Waals surface area contributed by atoms with Gasteiger partial charge in [0.25, 0.3) is 5.95 Å². The van der Waals surface area contributed by atoms with Gasteiger partial charge in [0.1, 0.15) is 16.9 Å². The van der Waals surface area contributed by atoms with Gasteiger partial charge in [0.05, 0.1) is 0 Å². The maximum Gasteiger partial charge on any atom is 0.274 e. The number of aryl methyl sites for hydroxylation is 2. The van der Waals surface area contributed by atoms with Gasteiger partial charge in [-0.15, -0.1) is 26.6 Å². The van der Waals surface area contributed by atoms with Crippen molar-refractivity contribution < 1.29 is 0 Å². The fourth-order valence-corrected chi connectivity index (χ4v) is 4.17. The second kappa shape index (κ2) is 5.25. The predicted molar refractivity (Wildman–Crippen MR) is 91.3 cm³/mol. The molecule has 0 saturated heterocycles. The Bertz CT molecular complexity index is 923. The highest BCUT2D eigenvalue weighted by Crippen LogP contribution is 2.43. The van der Waals surface area contributed by atoms with Crippen molar-refractivity contribution in [3.05, 3.63) is 56.7 Å². The number of hydrogen-bond acceptors (Lipinski definition) is 5. The van der Waals surface area contributed by atoms with Crippen LogP contribution in [0.2, 0.25) is 5.02 Å². The molecule has 5 nitrogen and oxygen atoms in total. The van der Waals surface area contributed by atoms with Crippen molar-refractivity contribution in [1.82, 2.24) is 14.8 Å². The van der Waals surface area contributed by atoms with Gasteiger partial charge in [0.2, 0.25) is 0 Å². The van der Waals surface area contributed by atoms with Crippen molar-refractivity contribution in [3.63, 3.8) is 0 Å². The van der Waals surface area contributed by atoms with Crippen LogP contribution in [0.25, 0.3) is 5.00 Å². The fourth-order valence-electron chi connectivity index (χ4n) is 2.81. The van der Waals surface area contributed by atoms with Gasteiger partial charge in [-0.3, -0.25) is 4.57 Å². The van der Waals surface area contributed by atoms with Crippen molar-refractivity contribution >= 4 is 28.9 Å². The van der Waals surface area contributed by atoms with Gasteiger partial charge >= 0.3 is 0 Å². The molecule has 0 bridgehead atoms. The molecular formula is C16H14ClN5S. The smallest absolute Gasteiger partial charge is 0.253 e. The highest BCUT2D eigenvalue weighted by Gasteiger charge is 2.29. The highest BCUT2D eigenvalue weighted by atomic mass is 35.5. The molecular weight excluding hydrogens is 330 g/mol. The summed E-state index contributed by atoms with van der Waals surface area (Å²) in [6.45, 7) is 6.20. The van der Waals surface area contributed by atoms with Gasteiger partial charge in [0.15, 0.2) is 0 Å². The molecule has 1 unspecified atom stereocenters. The molecule has 2 aromatic heterocycles. The first kappa shape index (κ1) is 14.5. The number of thiophene rings is 1. The topological polar surface area (TPSA) is 55.4 Å². The molecule has 0 N–H and O–H groups in total. The quantitative estimate of drug-likeness (QED) is 0.617. The number of hydrogen-bond donors (Lipinski definition) is 0. The minimum absolute atomic E-state index is 0.159. The van der Waals surface area contributed by atoms with E-state index >= 15 is 0 Å². The Hall–Kier alpha value is -2.05. The highest BCUT2D eigenvalue weighted by molar-refractivity contribution is 7.14. The lowest BCUT2D eigenvalue weighted by molar-refractivity contribution is 0.806. The van der Waals surface area contributed by atoms with E-state index in [1.54, 1.807) is 11.3 Å². The number of fused-ring (bicyclic) bond motifs is 3. The van der Waals surface area contributed by atoms with Crippen LogP contribution < -0.4 is 0 Å². The molecule has 7 heteroatoms. The lowest BCUT2D eigenvalue weighted by atomic mass is 9.97. The molecule has 1 atom stereocenters. The number of benzene rings is 1. The molecule has 116 valence electrons. The van der Waals surface area contributed by atoms with E-state index in [1.807, 2.05) is 35.8 Å². The largest absolute Gasteiger partial charge is 0.274 e. The van der Waals surface area contributed by atoms with Crippen LogP contribution in [-0.2, 0) is 0 Å². The van der Waals surface area contributed by atoms with Gasteiger partial charge in [-0.2, -0.15) is 5.11 Å². The predicted octanol–water partition coefficient (Wildman–Crippen LogP) is 5.09. The number of halogens is 1. The first-order valence-corrected chi connectivity index (χ1v) is 8.44. The zero-order chi connectivity index (χ0) is 16.1. The minimum atomic E-state index is -0.159. The third kappa shape index (κ3) is 2.21. The summed E-state index contributed by atoms with van der Waals surface area (Å²) in [5.41, 5.74) is 3.47. The van der Waals surface area contributed by atoms with Crippen LogP contribution in [-0.4, -0.2) is 14.8 Å². The Morgan fingerprint density at radius 1 is 1.09 bits per heavy atom. The molecule has 0 fully saturated rings. The summed E-state index contributed by atoms with van der Waals surface area (Å²) in [7, 11) is 0. The average molecular weight is 344 g/mol. The Morgan fingerprint density at radius 3 is 2.57 bits per heavy atom. The van der Waals surface area contributed by atoms with E-state index in [1.165, 1.54) is 16.0 Å². The summed E-state index contributed by atoms with van der Waals surface area (Å²) in [5, 5.41) is 19.0. The zero-order valence-electron chi connectivity index (χ0n) is 12.9. The van der Waals surface area contributed by atoms with Crippen LogP contribution in [0.5, 0.6) is 0 Å². The number of rotatable bonds is 1. The summed E-state index contributed by atoms with van der Waals surface area (Å²) in [6, 6.07) is 7.62. The summed E-state index contributed by atoms with van der Waals surface area (Å²) < 4.78 is 1.99. The Kier molecular flexibility index (Phi) is 3.32. The third-order valence-corrected chi connectivity index (χ3v) is 5.61. The van der Waals surface area contributed by atoms with Crippen LogP contribution in [0.4, 0.5) is 5.95 Å². The van der Waals surface area contributed by atoms with Crippen LogP contribution in [0.3, 0.4) is 0 Å². The molecule has 1 aliphatic rings. The SMILES string of the molecule is Cc1sc2c(c1C)C(c1ccc(Cl)cc1)N=Nc1nnc(C)n1-2. The molecule has 0 radical (unpaired) electrons. The van der Waals surface area contributed by atoms with E-state index in [0.717, 1.165) is 16.4 Å². The molecule has 0 amide bonds. The summed E-state index contributed by atoms with van der Waals surface area (Å²) in [6.07, 6.45) is 0. The normalized spacial score (nSPS) is 16.1. The molecule has 0 aliphatic carbocycles. The van der Waals surface area contributed by atoms with E-state index in [4.69, 9.17) is 11.6 Å². The summed E-state index contributed by atoms with van der Waals surface area (Å²) >= 11 is 7.75. The molecule has 3 aromatic rings. The van der Waals surface area contributed by atoms with Gasteiger partial charge in [-0.25, -0.2) is 0 Å². The number of nitrogens with zero attached hydrogens (tertiary/aromatic N) is 5. The van der Waals surface area contributed by atoms with Crippen LogP contribution >= 0.6 is 22.9 Å². The van der Waals surface area contributed by atoms with Crippen molar-refractivity contribution in [3.8, 4) is 5.00 Å². The molecule has 0 saturated carbocycles. The molecule has 4 rings (SSSR count). The van der Waals surface area contributed by atoms with Crippen molar-refractivity contribution in [1.29, 1.82) is 0 Å². The summed E-state index contributed by atoms with van der Waals surface area (Å²) in [4.78, 5) is 1.27. The second-order valence-electron chi connectivity index (χ2n) is 5.55. The van der Waals surface area contributed by atoms with E-state index in [2.05, 4.69) is 34.3 Å². The standard InChI is InChI=1S/C16H14ClN5S/c1-8-9(2)23-15-13(8)14(11-4-6-12(17)7-5-11)19-21-16-20-18-10(3)22(15)16/h4-7,14H,1-3H3. The van der Waals surface area contributed by atoms with Crippen molar-refractivity contribution in [2.45, 2.75) is 26.8 Å². The second-order valence-corrected chi connectivity index (χ2v) is 7.19. The van der Waals surface area contributed by atoms with E-state index < -0.39 is 0 Å². The number of azo groups is 1. The van der Waals surface area contributed by atoms with Gasteiger partial charge in [0, 0.05) is 15.5 Å². The molecule has 1 aliphatic heterocycles. The maximum atomic E-state index is 6.02. The van der Waals surface area contributed by atoms with E-state index in [9.17, 15) is 0 Å². The van der Waals surface area contributed by atoms with Crippen LogP contribution in [0.1, 0.15) is 33.4 Å². The maximum absolute atomic E-state index is 6.02. The van der Waals surface area contributed by atoms with E-state index in [0.29, 0.717) is 11.0 Å². The van der Waals surface area contributed by atoms with Crippen molar-refractivity contribution in [2.75, 3.05) is 0 Å². The minimum Gasteiger partial charge on any atom is -0.253 e. The van der Waals surface area contributed by atoms with Gasteiger partial charge < -0.3 is 0 Å². The molecule has 3 heterocycles. The molecule has 1 aromatic carbocycles. The zero-order valence-corrected chi connectivity index (χ0v) is 14.5. The Labute approximate surface area is 142 Å². The van der Waals surface area contributed by atoms with E-state index in [-0.39, 0.29) is 6.04 Å².